The van der Waals surface area contributed by atoms with Crippen LogP contribution in [0.4, 0.5) is 0 Å². The van der Waals surface area contributed by atoms with E-state index in [-0.39, 0.29) is 18.6 Å². The highest BCUT2D eigenvalue weighted by Gasteiger charge is 2.63. The van der Waals surface area contributed by atoms with Crippen LogP contribution in [0, 0.1) is 11.8 Å². The fourth-order valence-corrected chi connectivity index (χ4v) is 6.55. The molecule has 0 amide bonds. The first-order valence-corrected chi connectivity index (χ1v) is 10.8. The van der Waals surface area contributed by atoms with Gasteiger partial charge in [-0.1, -0.05) is 0 Å². The number of fused-ring (bicyclic) bond motifs is 4. The first kappa shape index (κ1) is 18.9. The summed E-state index contributed by atoms with van der Waals surface area (Å²) in [6.07, 6.45) is 3.55. The smallest absolute Gasteiger partial charge is 0.319 e. The van der Waals surface area contributed by atoms with E-state index < -0.39 is 5.41 Å². The summed E-state index contributed by atoms with van der Waals surface area (Å²) in [4.78, 5) is 19.8. The third kappa shape index (κ3) is 2.65. The number of aliphatic hydroxyl groups is 1. The SMILES string of the molecule is CCOC(=O)C12C[C@@H]3CC(CCO)C1N(CCc1c2[nH]c2ccc(OC)cc12)C3. The van der Waals surface area contributed by atoms with Crippen molar-refractivity contribution in [2.45, 2.75) is 44.1 Å². The van der Waals surface area contributed by atoms with Gasteiger partial charge in [-0.15, -0.1) is 0 Å². The van der Waals surface area contributed by atoms with Crippen molar-refractivity contribution in [1.29, 1.82) is 0 Å². The van der Waals surface area contributed by atoms with Crippen molar-refractivity contribution in [1.82, 2.24) is 9.88 Å². The van der Waals surface area contributed by atoms with E-state index in [2.05, 4.69) is 16.0 Å². The highest BCUT2D eigenvalue weighted by atomic mass is 16.5. The number of esters is 1. The van der Waals surface area contributed by atoms with Crippen LogP contribution in [0.2, 0.25) is 0 Å². The topological polar surface area (TPSA) is 74.8 Å². The number of nitrogens with one attached hydrogen (secondary N) is 1. The number of hydrogen-bond acceptors (Lipinski definition) is 5. The number of piperidine rings is 2. The van der Waals surface area contributed by atoms with Gasteiger partial charge in [0.05, 0.1) is 13.7 Å². The molecule has 3 fully saturated rings. The van der Waals surface area contributed by atoms with Crippen LogP contribution in [0.5, 0.6) is 5.75 Å². The Kier molecular flexibility index (Phi) is 4.59. The predicted molar refractivity (Wildman–Crippen MR) is 110 cm³/mol. The van der Waals surface area contributed by atoms with E-state index >= 15 is 0 Å². The molecule has 2 N–H and O–H groups in total. The van der Waals surface area contributed by atoms with Gasteiger partial charge in [0.2, 0.25) is 0 Å². The van der Waals surface area contributed by atoms with Crippen molar-refractivity contribution in [2.75, 3.05) is 33.4 Å². The quantitative estimate of drug-likeness (QED) is 0.758. The Balaban J connectivity index is 1.74. The number of aliphatic hydroxyl groups excluding tert-OH is 1. The molecule has 1 saturated carbocycles. The Labute approximate surface area is 171 Å². The van der Waals surface area contributed by atoms with Gasteiger partial charge in [0.15, 0.2) is 0 Å². The molecule has 0 radical (unpaired) electrons. The molecular formula is C23H30N2O4. The van der Waals surface area contributed by atoms with E-state index in [0.29, 0.717) is 18.4 Å². The average molecular weight is 399 g/mol. The number of carbonyl (C=O) groups excluding carboxylic acids is 1. The number of aromatic amines is 1. The fraction of sp³-hybridized carbons (Fsp3) is 0.609. The zero-order valence-electron chi connectivity index (χ0n) is 17.2. The number of carbonyl (C=O) groups is 1. The summed E-state index contributed by atoms with van der Waals surface area (Å²) in [6.45, 7) is 4.40. The highest BCUT2D eigenvalue weighted by molar-refractivity contribution is 5.92. The first-order valence-electron chi connectivity index (χ1n) is 10.8. The van der Waals surface area contributed by atoms with Crippen LogP contribution in [0.25, 0.3) is 10.9 Å². The molecule has 6 heteroatoms. The van der Waals surface area contributed by atoms with Gasteiger partial charge in [0, 0.05) is 42.3 Å². The van der Waals surface area contributed by atoms with Crippen LogP contribution in [0.3, 0.4) is 0 Å². The normalized spacial score (nSPS) is 32.7. The van der Waals surface area contributed by atoms with E-state index in [1.807, 2.05) is 19.1 Å². The summed E-state index contributed by atoms with van der Waals surface area (Å²) in [5, 5.41) is 10.9. The second kappa shape index (κ2) is 7.03. The molecule has 0 spiro atoms. The maximum atomic E-state index is 13.6. The molecule has 1 aromatic heterocycles. The number of rotatable bonds is 5. The monoisotopic (exact) mass is 398 g/mol. The summed E-state index contributed by atoms with van der Waals surface area (Å²) in [7, 11) is 1.68. The third-order valence-electron chi connectivity index (χ3n) is 7.43. The molecule has 156 valence electrons. The van der Waals surface area contributed by atoms with Crippen LogP contribution < -0.4 is 4.74 Å². The van der Waals surface area contributed by atoms with Gasteiger partial charge in [0.1, 0.15) is 11.2 Å². The zero-order chi connectivity index (χ0) is 20.2. The molecule has 29 heavy (non-hydrogen) atoms. The minimum absolute atomic E-state index is 0.0786. The summed E-state index contributed by atoms with van der Waals surface area (Å²) >= 11 is 0. The Morgan fingerprint density at radius 3 is 3.03 bits per heavy atom. The molecule has 1 aliphatic carbocycles. The van der Waals surface area contributed by atoms with E-state index in [1.165, 1.54) is 5.56 Å². The maximum absolute atomic E-state index is 13.6. The summed E-state index contributed by atoms with van der Waals surface area (Å²) in [5.74, 6) is 1.48. The maximum Gasteiger partial charge on any atom is 0.319 e. The fourth-order valence-electron chi connectivity index (χ4n) is 6.55. The number of hydrogen-bond donors (Lipinski definition) is 2. The van der Waals surface area contributed by atoms with Crippen LogP contribution in [0.15, 0.2) is 18.2 Å². The lowest BCUT2D eigenvalue weighted by Gasteiger charge is -2.58. The number of ether oxygens (including phenoxy) is 2. The molecule has 1 aromatic carbocycles. The molecular weight excluding hydrogens is 368 g/mol. The van der Waals surface area contributed by atoms with Crippen molar-refractivity contribution in [3.8, 4) is 5.75 Å². The predicted octanol–water partition coefficient (Wildman–Crippen LogP) is 2.63. The van der Waals surface area contributed by atoms with Crippen LogP contribution in [-0.2, 0) is 21.4 Å². The lowest BCUT2D eigenvalue weighted by Crippen LogP contribution is -2.67. The lowest BCUT2D eigenvalue weighted by atomic mass is 9.56. The van der Waals surface area contributed by atoms with Crippen molar-refractivity contribution < 1.29 is 19.4 Å². The Morgan fingerprint density at radius 1 is 1.41 bits per heavy atom. The second-order valence-corrected chi connectivity index (χ2v) is 8.85. The summed E-state index contributed by atoms with van der Waals surface area (Å²) in [5.41, 5.74) is 2.63. The lowest BCUT2D eigenvalue weighted by molar-refractivity contribution is -0.165. The summed E-state index contributed by atoms with van der Waals surface area (Å²) < 4.78 is 11.2. The Morgan fingerprint density at radius 2 is 2.28 bits per heavy atom. The largest absolute Gasteiger partial charge is 0.497 e. The molecule has 2 saturated heterocycles. The summed E-state index contributed by atoms with van der Waals surface area (Å²) in [6, 6.07) is 6.17. The van der Waals surface area contributed by atoms with Gasteiger partial charge in [-0.25, -0.2) is 0 Å². The van der Waals surface area contributed by atoms with E-state index in [4.69, 9.17) is 9.47 Å². The molecule has 6 nitrogen and oxygen atoms in total. The molecule has 5 atom stereocenters. The highest BCUT2D eigenvalue weighted by Crippen LogP contribution is 2.55. The van der Waals surface area contributed by atoms with E-state index in [1.54, 1.807) is 7.11 Å². The standard InChI is InChI=1S/C23H30N2O4/c1-3-29-22(27)23-12-14-10-15(7-9-26)21(23)25(13-14)8-6-17-18-11-16(28-2)4-5-19(18)24-20(17)23/h4-5,11,14-15,21,24,26H,3,6-10,12-13H2,1-2H3/t14-,15?,21?,23?/m0/s1. The zero-order valence-corrected chi connectivity index (χ0v) is 17.2. The van der Waals surface area contributed by atoms with Gasteiger partial charge in [-0.3, -0.25) is 9.69 Å². The number of methoxy groups -OCH3 is 1. The third-order valence-corrected chi connectivity index (χ3v) is 7.43. The van der Waals surface area contributed by atoms with Crippen LogP contribution >= 0.6 is 0 Å². The molecule has 6 rings (SSSR count). The first-order chi connectivity index (χ1) is 14.1. The number of aromatic nitrogens is 1. The van der Waals surface area contributed by atoms with Crippen LogP contribution in [0.1, 0.15) is 37.4 Å². The van der Waals surface area contributed by atoms with Gasteiger partial charge in [0.25, 0.3) is 0 Å². The minimum atomic E-state index is -0.685. The molecule has 4 heterocycles. The number of nitrogens with zero attached hydrogens (tertiary/aromatic N) is 1. The minimum Gasteiger partial charge on any atom is -0.497 e. The molecule has 4 aliphatic rings. The molecule has 4 bridgehead atoms. The average Bonchev–Trinajstić information content (AvgIpc) is 3.06. The van der Waals surface area contributed by atoms with E-state index in [0.717, 1.165) is 61.1 Å². The molecule has 2 aromatic rings. The Bertz CT molecular complexity index is 938. The number of H-pyrrole nitrogens is 1. The van der Waals surface area contributed by atoms with Crippen molar-refractivity contribution in [2.24, 2.45) is 11.8 Å². The van der Waals surface area contributed by atoms with Crippen molar-refractivity contribution in [3.05, 3.63) is 29.5 Å². The Hall–Kier alpha value is -2.05. The van der Waals surface area contributed by atoms with E-state index in [9.17, 15) is 9.90 Å². The van der Waals surface area contributed by atoms with Crippen molar-refractivity contribution in [3.63, 3.8) is 0 Å². The molecule has 4 unspecified atom stereocenters. The van der Waals surface area contributed by atoms with Crippen molar-refractivity contribution >= 4 is 16.9 Å². The van der Waals surface area contributed by atoms with Gasteiger partial charge >= 0.3 is 5.97 Å². The number of benzene rings is 1. The van der Waals surface area contributed by atoms with Gasteiger partial charge in [-0.05, 0) is 68.2 Å². The molecule has 3 aliphatic heterocycles. The van der Waals surface area contributed by atoms with Crippen LogP contribution in [-0.4, -0.2) is 60.4 Å². The van der Waals surface area contributed by atoms with Gasteiger partial charge < -0.3 is 19.6 Å². The second-order valence-electron chi connectivity index (χ2n) is 8.85. The van der Waals surface area contributed by atoms with Gasteiger partial charge in [-0.2, -0.15) is 0 Å².